The molecule has 0 fully saturated rings. The lowest BCUT2D eigenvalue weighted by molar-refractivity contribution is 0.251. The number of nitrogens with zero attached hydrogens (tertiary/aromatic N) is 1. The third-order valence-corrected chi connectivity index (χ3v) is 2.97. The standard InChI is InChI=1S/C16H19N3O/c1-3-13-7-5-8-14(10-13)19-16(20)17-11-15-9-4-6-12(2)18-15/h4-10H,3,11H2,1-2H3,(H2,17,19,20). The molecule has 1 aromatic carbocycles. The second-order valence-electron chi connectivity index (χ2n) is 4.63. The molecule has 0 bridgehead atoms. The van der Waals surface area contributed by atoms with Gasteiger partial charge in [-0.15, -0.1) is 0 Å². The van der Waals surface area contributed by atoms with Gasteiger partial charge in [-0.05, 0) is 43.2 Å². The van der Waals surface area contributed by atoms with Crippen LogP contribution in [0, 0.1) is 6.92 Å². The molecule has 4 nitrogen and oxygen atoms in total. The van der Waals surface area contributed by atoms with Gasteiger partial charge in [0.1, 0.15) is 0 Å². The smallest absolute Gasteiger partial charge is 0.319 e. The molecule has 1 aromatic heterocycles. The molecule has 0 aliphatic carbocycles. The fourth-order valence-corrected chi connectivity index (χ4v) is 1.91. The maximum Gasteiger partial charge on any atom is 0.319 e. The minimum Gasteiger partial charge on any atom is -0.332 e. The average Bonchev–Trinajstić information content (AvgIpc) is 2.45. The number of nitrogens with one attached hydrogen (secondary N) is 2. The third kappa shape index (κ3) is 4.09. The summed E-state index contributed by atoms with van der Waals surface area (Å²) in [6.45, 7) is 4.43. The van der Waals surface area contributed by atoms with Crippen molar-refractivity contribution in [2.75, 3.05) is 5.32 Å². The number of hydrogen-bond acceptors (Lipinski definition) is 2. The van der Waals surface area contributed by atoms with Crippen molar-refractivity contribution >= 4 is 11.7 Å². The van der Waals surface area contributed by atoms with Gasteiger partial charge in [-0.1, -0.05) is 25.1 Å². The summed E-state index contributed by atoms with van der Waals surface area (Å²) < 4.78 is 0. The highest BCUT2D eigenvalue weighted by Crippen LogP contribution is 2.10. The van der Waals surface area contributed by atoms with Crippen molar-refractivity contribution in [1.82, 2.24) is 10.3 Å². The van der Waals surface area contributed by atoms with Gasteiger partial charge in [0.15, 0.2) is 0 Å². The molecule has 104 valence electrons. The Bertz CT molecular complexity index is 596. The number of carbonyl (C=O) groups excluding carboxylic acids is 1. The van der Waals surface area contributed by atoms with Crippen LogP contribution in [0.4, 0.5) is 10.5 Å². The summed E-state index contributed by atoms with van der Waals surface area (Å²) in [6.07, 6.45) is 0.949. The van der Waals surface area contributed by atoms with Gasteiger partial charge in [0.2, 0.25) is 0 Å². The molecule has 2 amide bonds. The topological polar surface area (TPSA) is 54.0 Å². The summed E-state index contributed by atoms with van der Waals surface area (Å²) in [7, 11) is 0. The van der Waals surface area contributed by atoms with Gasteiger partial charge in [0.25, 0.3) is 0 Å². The highest BCUT2D eigenvalue weighted by atomic mass is 16.2. The molecule has 0 aliphatic heterocycles. The summed E-state index contributed by atoms with van der Waals surface area (Å²) in [5.74, 6) is 0. The number of benzene rings is 1. The molecule has 2 N–H and O–H groups in total. The Morgan fingerprint density at radius 1 is 1.20 bits per heavy atom. The Labute approximate surface area is 119 Å². The van der Waals surface area contributed by atoms with Gasteiger partial charge in [0.05, 0.1) is 12.2 Å². The molecule has 2 rings (SSSR count). The van der Waals surface area contributed by atoms with E-state index < -0.39 is 0 Å². The number of pyridine rings is 1. The number of carbonyl (C=O) groups is 1. The van der Waals surface area contributed by atoms with Crippen LogP contribution < -0.4 is 10.6 Å². The number of rotatable bonds is 4. The van der Waals surface area contributed by atoms with Crippen molar-refractivity contribution in [3.05, 3.63) is 59.4 Å². The molecule has 0 radical (unpaired) electrons. The maximum atomic E-state index is 11.8. The molecule has 4 heteroatoms. The fourth-order valence-electron chi connectivity index (χ4n) is 1.91. The Hall–Kier alpha value is -2.36. The Balaban J connectivity index is 1.89. The van der Waals surface area contributed by atoms with Crippen LogP contribution in [-0.2, 0) is 13.0 Å². The first-order chi connectivity index (χ1) is 9.67. The summed E-state index contributed by atoms with van der Waals surface area (Å²) in [5, 5.41) is 5.62. The Kier molecular flexibility index (Phi) is 4.71. The van der Waals surface area contributed by atoms with Gasteiger partial charge in [-0.25, -0.2) is 4.79 Å². The minimum atomic E-state index is -0.221. The first kappa shape index (κ1) is 14.1. The van der Waals surface area contributed by atoms with Gasteiger partial charge < -0.3 is 10.6 Å². The predicted octanol–water partition coefficient (Wildman–Crippen LogP) is 3.27. The zero-order valence-electron chi connectivity index (χ0n) is 11.8. The summed E-state index contributed by atoms with van der Waals surface area (Å²) in [4.78, 5) is 16.2. The van der Waals surface area contributed by atoms with E-state index in [4.69, 9.17) is 0 Å². The van der Waals surface area contributed by atoms with Crippen molar-refractivity contribution in [2.45, 2.75) is 26.8 Å². The minimum absolute atomic E-state index is 0.221. The third-order valence-electron chi connectivity index (χ3n) is 2.97. The number of hydrogen-bond donors (Lipinski definition) is 2. The van der Waals surface area contributed by atoms with E-state index in [-0.39, 0.29) is 6.03 Å². The number of anilines is 1. The lowest BCUT2D eigenvalue weighted by atomic mass is 10.1. The molecule has 0 saturated carbocycles. The van der Waals surface area contributed by atoms with Crippen molar-refractivity contribution < 1.29 is 4.79 Å². The van der Waals surface area contributed by atoms with Crippen LogP contribution in [0.3, 0.4) is 0 Å². The predicted molar refractivity (Wildman–Crippen MR) is 80.7 cm³/mol. The quantitative estimate of drug-likeness (QED) is 0.895. The maximum absolute atomic E-state index is 11.8. The van der Waals surface area contributed by atoms with Gasteiger partial charge in [-0.2, -0.15) is 0 Å². The lowest BCUT2D eigenvalue weighted by Crippen LogP contribution is -2.28. The van der Waals surface area contributed by atoms with E-state index in [1.54, 1.807) is 0 Å². The first-order valence-electron chi connectivity index (χ1n) is 6.73. The van der Waals surface area contributed by atoms with Gasteiger partial charge >= 0.3 is 6.03 Å². The van der Waals surface area contributed by atoms with Crippen molar-refractivity contribution in [2.24, 2.45) is 0 Å². The number of amides is 2. The van der Waals surface area contributed by atoms with E-state index in [0.29, 0.717) is 6.54 Å². The molecular weight excluding hydrogens is 250 g/mol. The number of aromatic nitrogens is 1. The molecular formula is C16H19N3O. The monoisotopic (exact) mass is 269 g/mol. The molecule has 0 aliphatic rings. The van der Waals surface area contributed by atoms with Crippen LogP contribution in [-0.4, -0.2) is 11.0 Å². The van der Waals surface area contributed by atoms with E-state index in [1.807, 2.05) is 49.4 Å². The molecule has 0 unspecified atom stereocenters. The van der Waals surface area contributed by atoms with Crippen LogP contribution in [0.2, 0.25) is 0 Å². The van der Waals surface area contributed by atoms with E-state index in [0.717, 1.165) is 23.5 Å². The Morgan fingerprint density at radius 3 is 2.75 bits per heavy atom. The molecule has 0 saturated heterocycles. The highest BCUT2D eigenvalue weighted by Gasteiger charge is 2.03. The van der Waals surface area contributed by atoms with Crippen molar-refractivity contribution in [3.63, 3.8) is 0 Å². The van der Waals surface area contributed by atoms with Crippen molar-refractivity contribution in [3.8, 4) is 0 Å². The fraction of sp³-hybridized carbons (Fsp3) is 0.250. The summed E-state index contributed by atoms with van der Waals surface area (Å²) in [6, 6.07) is 13.4. The SMILES string of the molecule is CCc1cccc(NC(=O)NCc2cccc(C)n2)c1. The molecule has 1 heterocycles. The largest absolute Gasteiger partial charge is 0.332 e. The summed E-state index contributed by atoms with van der Waals surface area (Å²) in [5.41, 5.74) is 3.80. The van der Waals surface area contributed by atoms with Gasteiger partial charge in [0, 0.05) is 11.4 Å². The van der Waals surface area contributed by atoms with Crippen LogP contribution in [0.1, 0.15) is 23.9 Å². The summed E-state index contributed by atoms with van der Waals surface area (Å²) >= 11 is 0. The van der Waals surface area contributed by atoms with Gasteiger partial charge in [-0.3, -0.25) is 4.98 Å². The molecule has 2 aromatic rings. The molecule has 0 spiro atoms. The van der Waals surface area contributed by atoms with E-state index in [9.17, 15) is 4.79 Å². The zero-order valence-corrected chi connectivity index (χ0v) is 11.8. The normalized spacial score (nSPS) is 10.1. The van der Waals surface area contributed by atoms with Crippen molar-refractivity contribution in [1.29, 1.82) is 0 Å². The number of urea groups is 1. The van der Waals surface area contributed by atoms with Crippen LogP contribution in [0.15, 0.2) is 42.5 Å². The second kappa shape index (κ2) is 6.70. The average molecular weight is 269 g/mol. The van der Waals surface area contributed by atoms with Crippen LogP contribution >= 0.6 is 0 Å². The van der Waals surface area contributed by atoms with Crippen LogP contribution in [0.5, 0.6) is 0 Å². The van der Waals surface area contributed by atoms with Crippen LogP contribution in [0.25, 0.3) is 0 Å². The molecule has 20 heavy (non-hydrogen) atoms. The zero-order chi connectivity index (χ0) is 14.4. The Morgan fingerprint density at radius 2 is 2.00 bits per heavy atom. The number of aryl methyl sites for hydroxylation is 2. The van der Waals surface area contributed by atoms with E-state index in [1.165, 1.54) is 5.56 Å². The van der Waals surface area contributed by atoms with E-state index in [2.05, 4.69) is 22.5 Å². The first-order valence-corrected chi connectivity index (χ1v) is 6.73. The second-order valence-corrected chi connectivity index (χ2v) is 4.63. The lowest BCUT2D eigenvalue weighted by Gasteiger charge is -2.08. The highest BCUT2D eigenvalue weighted by molar-refractivity contribution is 5.89. The molecule has 0 atom stereocenters. The van der Waals surface area contributed by atoms with E-state index >= 15 is 0 Å².